The molecule has 1 aromatic carbocycles. The average Bonchev–Trinajstić information content (AvgIpc) is 3.51. The number of sulfone groups is 1. The molecule has 2 fully saturated rings. The minimum Gasteiger partial charge on any atom is -0.331 e. The third kappa shape index (κ3) is 13.8. The molecule has 1 aliphatic heterocycles. The fraction of sp³-hybridized carbons (Fsp3) is 0.571. The zero-order chi connectivity index (χ0) is 21.7. The Labute approximate surface area is 174 Å². The third-order valence-electron chi connectivity index (χ3n) is 4.26. The molecule has 29 heavy (non-hydrogen) atoms. The van der Waals surface area contributed by atoms with Gasteiger partial charge in [0.25, 0.3) is 0 Å². The summed E-state index contributed by atoms with van der Waals surface area (Å²) < 4.78 is 43.0. The fourth-order valence-corrected chi connectivity index (χ4v) is 3.18. The van der Waals surface area contributed by atoms with Crippen molar-refractivity contribution in [3.8, 4) is 0 Å². The monoisotopic (exact) mass is 432 g/mol. The molecule has 1 saturated carbocycles. The highest BCUT2D eigenvalue weighted by atomic mass is 32.2. The first kappa shape index (κ1) is 25.1. The molecule has 166 valence electrons. The Morgan fingerprint density at radius 1 is 1.07 bits per heavy atom. The lowest BCUT2D eigenvalue weighted by Crippen LogP contribution is -2.47. The van der Waals surface area contributed by atoms with E-state index < -0.39 is 16.3 Å². The van der Waals surface area contributed by atoms with Gasteiger partial charge < -0.3 is 10.2 Å². The van der Waals surface area contributed by atoms with Crippen LogP contribution in [0.4, 0.5) is 13.6 Å². The van der Waals surface area contributed by atoms with Crippen LogP contribution in [0.2, 0.25) is 0 Å². The summed E-state index contributed by atoms with van der Waals surface area (Å²) >= 11 is 0. The van der Waals surface area contributed by atoms with E-state index in [2.05, 4.69) is 5.32 Å². The van der Waals surface area contributed by atoms with Gasteiger partial charge in [-0.15, -0.1) is 0 Å². The number of nitrogens with zero attached hydrogens (tertiary/aromatic N) is 1. The lowest BCUT2D eigenvalue weighted by atomic mass is 10.1. The number of hydrogen-bond donors (Lipinski definition) is 1. The maximum Gasteiger partial charge on any atom is 0.317 e. The van der Waals surface area contributed by atoms with Gasteiger partial charge in [-0.2, -0.15) is 0 Å². The first-order valence-electron chi connectivity index (χ1n) is 9.91. The summed E-state index contributed by atoms with van der Waals surface area (Å²) in [5.41, 5.74) is 0. The Kier molecular flexibility index (Phi) is 11.5. The average molecular weight is 433 g/mol. The highest BCUT2D eigenvalue weighted by Crippen LogP contribution is 2.33. The van der Waals surface area contributed by atoms with E-state index in [0.29, 0.717) is 5.92 Å². The molecular formula is C21H34F2N2O3S. The lowest BCUT2D eigenvalue weighted by molar-refractivity contribution is 0.171. The Morgan fingerprint density at radius 3 is 1.90 bits per heavy atom. The van der Waals surface area contributed by atoms with Crippen LogP contribution in [0.3, 0.4) is 0 Å². The van der Waals surface area contributed by atoms with Crippen LogP contribution in [0.15, 0.2) is 47.9 Å². The Bertz CT molecular complexity index is 679. The predicted molar refractivity (Wildman–Crippen MR) is 115 cm³/mol. The van der Waals surface area contributed by atoms with E-state index >= 15 is 0 Å². The van der Waals surface area contributed by atoms with Crippen LogP contribution in [-0.4, -0.2) is 51.2 Å². The van der Waals surface area contributed by atoms with E-state index in [4.69, 9.17) is 0 Å². The number of likely N-dealkylation sites (tertiary alicyclic amines) is 1. The molecule has 1 heterocycles. The number of amides is 2. The first-order chi connectivity index (χ1) is 13.7. The standard InChI is InChI=1S/C13H22N2O3S.C6H6.C2H4F2.H2/c1-19(17,18)10-7-12(11-5-6-11)14-13(16)15-8-3-2-4-9-15;1-2-4-6-5-3-1;1-2(3)4;/h7,10-12H,2-6,8-9H2,1H3,(H,14,16);1-6H;2H,1H3;1H/b10-7+;;;/t12-;;;/m1.../s1. The second kappa shape index (κ2) is 13.3. The number of rotatable bonds is 4. The topological polar surface area (TPSA) is 66.5 Å². The lowest BCUT2D eigenvalue weighted by Gasteiger charge is -2.28. The van der Waals surface area contributed by atoms with Gasteiger partial charge in [0.1, 0.15) is 0 Å². The number of benzene rings is 1. The van der Waals surface area contributed by atoms with Crippen molar-refractivity contribution in [3.63, 3.8) is 0 Å². The number of alkyl halides is 2. The quantitative estimate of drug-likeness (QED) is 0.748. The first-order valence-corrected chi connectivity index (χ1v) is 11.9. The van der Waals surface area contributed by atoms with Gasteiger partial charge in [0.2, 0.25) is 6.43 Å². The maximum absolute atomic E-state index is 12.1. The van der Waals surface area contributed by atoms with Gasteiger partial charge in [-0.1, -0.05) is 42.5 Å². The summed E-state index contributed by atoms with van der Waals surface area (Å²) in [6.45, 7) is 2.44. The summed E-state index contributed by atoms with van der Waals surface area (Å²) in [7, 11) is -3.13. The van der Waals surface area contributed by atoms with Crippen LogP contribution in [0.1, 0.15) is 40.5 Å². The van der Waals surface area contributed by atoms with Crippen molar-refractivity contribution < 1.29 is 23.4 Å². The van der Waals surface area contributed by atoms with Gasteiger partial charge in [0.05, 0.1) is 6.04 Å². The van der Waals surface area contributed by atoms with Crippen LogP contribution in [-0.2, 0) is 9.84 Å². The van der Waals surface area contributed by atoms with Crippen molar-refractivity contribution in [2.75, 3.05) is 19.3 Å². The molecule has 0 bridgehead atoms. The van der Waals surface area contributed by atoms with Gasteiger partial charge in [0.15, 0.2) is 9.84 Å². The number of piperidine rings is 1. The van der Waals surface area contributed by atoms with Crippen molar-refractivity contribution in [2.24, 2.45) is 5.92 Å². The molecule has 2 aliphatic rings. The molecule has 2 amide bonds. The van der Waals surface area contributed by atoms with Gasteiger partial charge >= 0.3 is 6.03 Å². The van der Waals surface area contributed by atoms with Crippen LogP contribution in [0.25, 0.3) is 0 Å². The molecule has 0 radical (unpaired) electrons. The molecule has 1 N–H and O–H groups in total. The number of hydrogen-bond acceptors (Lipinski definition) is 3. The molecule has 0 spiro atoms. The SMILES string of the molecule is CC(F)F.CS(=O)(=O)/C=C/[C@@H](NC(=O)N1CCCCC1)C1CC1.[HH].c1ccccc1. The van der Waals surface area contributed by atoms with Crippen molar-refractivity contribution in [1.82, 2.24) is 10.2 Å². The van der Waals surface area contributed by atoms with E-state index in [-0.39, 0.29) is 13.5 Å². The molecule has 0 aromatic heterocycles. The van der Waals surface area contributed by atoms with E-state index in [1.807, 2.05) is 41.3 Å². The van der Waals surface area contributed by atoms with Gasteiger partial charge in [0, 0.05) is 26.2 Å². The van der Waals surface area contributed by atoms with Crippen molar-refractivity contribution >= 4 is 15.9 Å². The summed E-state index contributed by atoms with van der Waals surface area (Å²) in [6.07, 6.45) is 6.03. The second-order valence-corrected chi connectivity index (χ2v) is 9.12. The fourth-order valence-electron chi connectivity index (χ4n) is 2.72. The number of halogens is 2. The summed E-state index contributed by atoms with van der Waals surface area (Å²) in [4.78, 5) is 13.9. The zero-order valence-electron chi connectivity index (χ0n) is 17.1. The minimum absolute atomic E-state index is 0. The molecule has 5 nitrogen and oxygen atoms in total. The van der Waals surface area contributed by atoms with Crippen LogP contribution < -0.4 is 5.32 Å². The highest BCUT2D eigenvalue weighted by molar-refractivity contribution is 7.93. The van der Waals surface area contributed by atoms with E-state index in [0.717, 1.165) is 45.7 Å². The number of nitrogens with one attached hydrogen (secondary N) is 1. The minimum atomic E-state index is -3.13. The Hall–Kier alpha value is -1.96. The van der Waals surface area contributed by atoms with E-state index in [1.54, 1.807) is 6.08 Å². The number of urea groups is 1. The van der Waals surface area contributed by atoms with E-state index in [9.17, 15) is 22.0 Å². The molecule has 1 saturated heterocycles. The smallest absolute Gasteiger partial charge is 0.317 e. The Morgan fingerprint density at radius 2 is 1.52 bits per heavy atom. The van der Waals surface area contributed by atoms with Crippen molar-refractivity contribution in [1.29, 1.82) is 0 Å². The second-order valence-electron chi connectivity index (χ2n) is 7.19. The van der Waals surface area contributed by atoms with E-state index in [1.165, 1.54) is 18.1 Å². The zero-order valence-corrected chi connectivity index (χ0v) is 18.0. The molecule has 1 aliphatic carbocycles. The molecular weight excluding hydrogens is 398 g/mol. The molecule has 0 unspecified atom stereocenters. The van der Waals surface area contributed by atoms with Gasteiger partial charge in [-0.3, -0.25) is 0 Å². The number of carbonyl (C=O) groups excluding carboxylic acids is 1. The largest absolute Gasteiger partial charge is 0.331 e. The molecule has 8 heteroatoms. The molecule has 1 aromatic rings. The third-order valence-corrected chi connectivity index (χ3v) is 4.91. The normalized spacial score (nSPS) is 17.6. The summed E-state index contributed by atoms with van der Waals surface area (Å²) in [5.74, 6) is 0.395. The summed E-state index contributed by atoms with van der Waals surface area (Å²) in [5, 5.41) is 4.16. The van der Waals surface area contributed by atoms with Crippen LogP contribution in [0.5, 0.6) is 0 Å². The maximum atomic E-state index is 12.1. The summed E-state index contributed by atoms with van der Waals surface area (Å²) in [6, 6.07) is 11.8. The van der Waals surface area contributed by atoms with Crippen LogP contribution in [0, 0.1) is 5.92 Å². The number of carbonyl (C=O) groups is 1. The van der Waals surface area contributed by atoms with Crippen molar-refractivity contribution in [2.45, 2.75) is 51.5 Å². The predicted octanol–water partition coefficient (Wildman–Crippen LogP) is 4.72. The van der Waals surface area contributed by atoms with Gasteiger partial charge in [-0.25, -0.2) is 22.0 Å². The van der Waals surface area contributed by atoms with Crippen LogP contribution >= 0.6 is 0 Å². The van der Waals surface area contributed by atoms with Gasteiger partial charge in [-0.05, 0) is 44.9 Å². The highest BCUT2D eigenvalue weighted by Gasteiger charge is 2.32. The van der Waals surface area contributed by atoms with Crippen molar-refractivity contribution in [3.05, 3.63) is 47.9 Å². The molecule has 1 atom stereocenters. The molecule has 3 rings (SSSR count). The Balaban J connectivity index is 0.000000633.